The third kappa shape index (κ3) is 4.52. The lowest BCUT2D eigenvalue weighted by Crippen LogP contribution is -2.26. The van der Waals surface area contributed by atoms with E-state index >= 15 is 0 Å². The predicted octanol–water partition coefficient (Wildman–Crippen LogP) is 4.11. The standard InChI is InChI=1S/C18H20F2N2O2/c1-11(16-8-7-13(19)9-17(16)20)21-14-5-4-6-15(10-14)22-18(23)12(2)24-3/h4-12,21H,1-3H3,(H,22,23)/t11-,12-/m1/s1. The molecule has 0 aliphatic carbocycles. The van der Waals surface area contributed by atoms with Crippen LogP contribution in [0.2, 0.25) is 0 Å². The monoisotopic (exact) mass is 334 g/mol. The summed E-state index contributed by atoms with van der Waals surface area (Å²) in [6, 6.07) is 10.2. The summed E-state index contributed by atoms with van der Waals surface area (Å²) in [5, 5.41) is 5.87. The molecule has 0 aliphatic rings. The van der Waals surface area contributed by atoms with E-state index in [1.165, 1.54) is 19.2 Å². The fraction of sp³-hybridized carbons (Fsp3) is 0.278. The molecule has 2 rings (SSSR count). The van der Waals surface area contributed by atoms with Gasteiger partial charge in [-0.15, -0.1) is 0 Å². The second-order valence-corrected chi connectivity index (χ2v) is 5.48. The fourth-order valence-electron chi connectivity index (χ4n) is 2.22. The Morgan fingerprint density at radius 1 is 1.08 bits per heavy atom. The van der Waals surface area contributed by atoms with Gasteiger partial charge in [0, 0.05) is 30.1 Å². The van der Waals surface area contributed by atoms with E-state index in [0.29, 0.717) is 16.9 Å². The molecule has 2 aromatic carbocycles. The number of carbonyl (C=O) groups excluding carboxylic acids is 1. The highest BCUT2D eigenvalue weighted by atomic mass is 19.1. The first kappa shape index (κ1) is 17.9. The zero-order chi connectivity index (χ0) is 17.7. The van der Waals surface area contributed by atoms with Gasteiger partial charge in [0.1, 0.15) is 17.7 Å². The van der Waals surface area contributed by atoms with Crippen molar-refractivity contribution in [3.05, 3.63) is 59.7 Å². The summed E-state index contributed by atoms with van der Waals surface area (Å²) in [5.41, 5.74) is 1.66. The van der Waals surface area contributed by atoms with Crippen LogP contribution in [0.1, 0.15) is 25.5 Å². The molecule has 0 unspecified atom stereocenters. The maximum absolute atomic E-state index is 13.8. The predicted molar refractivity (Wildman–Crippen MR) is 89.9 cm³/mol. The van der Waals surface area contributed by atoms with Gasteiger partial charge in [0.2, 0.25) is 0 Å². The van der Waals surface area contributed by atoms with E-state index in [1.54, 1.807) is 38.1 Å². The molecule has 0 saturated carbocycles. The van der Waals surface area contributed by atoms with Gasteiger partial charge in [-0.2, -0.15) is 0 Å². The van der Waals surface area contributed by atoms with E-state index in [4.69, 9.17) is 4.74 Å². The Morgan fingerprint density at radius 3 is 2.46 bits per heavy atom. The smallest absolute Gasteiger partial charge is 0.253 e. The van der Waals surface area contributed by atoms with Crippen LogP contribution in [-0.2, 0) is 9.53 Å². The van der Waals surface area contributed by atoms with Crippen molar-refractivity contribution >= 4 is 17.3 Å². The lowest BCUT2D eigenvalue weighted by atomic mass is 10.1. The maximum atomic E-state index is 13.8. The Bertz CT molecular complexity index is 722. The highest BCUT2D eigenvalue weighted by Gasteiger charge is 2.13. The van der Waals surface area contributed by atoms with Crippen LogP contribution in [0, 0.1) is 11.6 Å². The number of nitrogens with one attached hydrogen (secondary N) is 2. The van der Waals surface area contributed by atoms with Crippen molar-refractivity contribution in [3.8, 4) is 0 Å². The van der Waals surface area contributed by atoms with Gasteiger partial charge in [-0.1, -0.05) is 12.1 Å². The lowest BCUT2D eigenvalue weighted by Gasteiger charge is -2.17. The minimum atomic E-state index is -0.611. The first-order valence-electron chi connectivity index (χ1n) is 7.56. The number of methoxy groups -OCH3 is 1. The molecule has 0 saturated heterocycles. The summed E-state index contributed by atoms with van der Waals surface area (Å²) in [6.45, 7) is 3.42. The summed E-state index contributed by atoms with van der Waals surface area (Å²) >= 11 is 0. The van der Waals surface area contributed by atoms with E-state index in [1.807, 2.05) is 0 Å². The van der Waals surface area contributed by atoms with Crippen LogP contribution >= 0.6 is 0 Å². The molecule has 0 radical (unpaired) electrons. The highest BCUT2D eigenvalue weighted by molar-refractivity contribution is 5.94. The van der Waals surface area contributed by atoms with Gasteiger partial charge in [0.25, 0.3) is 5.91 Å². The molecule has 2 N–H and O–H groups in total. The summed E-state index contributed by atoms with van der Waals surface area (Å²) in [4.78, 5) is 11.8. The van der Waals surface area contributed by atoms with Crippen molar-refractivity contribution in [3.63, 3.8) is 0 Å². The molecule has 6 heteroatoms. The zero-order valence-corrected chi connectivity index (χ0v) is 13.8. The summed E-state index contributed by atoms with van der Waals surface area (Å²) in [6.07, 6.45) is -0.561. The van der Waals surface area contributed by atoms with Crippen molar-refractivity contribution in [1.82, 2.24) is 0 Å². The molecule has 0 heterocycles. The Hall–Kier alpha value is -2.47. The molecular weight excluding hydrogens is 314 g/mol. The van der Waals surface area contributed by atoms with Crippen LogP contribution in [0.3, 0.4) is 0 Å². The normalized spacial score (nSPS) is 13.2. The molecule has 0 spiro atoms. The van der Waals surface area contributed by atoms with Crippen LogP contribution < -0.4 is 10.6 Å². The SMILES string of the molecule is CO[C@H](C)C(=O)Nc1cccc(N[C@H](C)c2ccc(F)cc2F)c1. The highest BCUT2D eigenvalue weighted by Crippen LogP contribution is 2.24. The summed E-state index contributed by atoms with van der Waals surface area (Å²) in [5.74, 6) is -1.47. The Kier molecular flexibility index (Phi) is 5.87. The van der Waals surface area contributed by atoms with E-state index in [9.17, 15) is 13.6 Å². The molecule has 1 amide bonds. The second-order valence-electron chi connectivity index (χ2n) is 5.48. The molecular formula is C18H20F2N2O2. The number of anilines is 2. The van der Waals surface area contributed by atoms with Crippen molar-refractivity contribution in [2.75, 3.05) is 17.7 Å². The molecule has 128 valence electrons. The lowest BCUT2D eigenvalue weighted by molar-refractivity contribution is -0.124. The maximum Gasteiger partial charge on any atom is 0.253 e. The van der Waals surface area contributed by atoms with Gasteiger partial charge in [0.05, 0.1) is 6.04 Å². The van der Waals surface area contributed by atoms with Gasteiger partial charge in [0.15, 0.2) is 0 Å². The van der Waals surface area contributed by atoms with Crippen LogP contribution in [-0.4, -0.2) is 19.1 Å². The average molecular weight is 334 g/mol. The Labute approximate surface area is 139 Å². The van der Waals surface area contributed by atoms with Gasteiger partial charge < -0.3 is 15.4 Å². The number of hydrogen-bond acceptors (Lipinski definition) is 3. The number of benzene rings is 2. The largest absolute Gasteiger partial charge is 0.378 e. The number of ether oxygens (including phenoxy) is 1. The van der Waals surface area contributed by atoms with Gasteiger partial charge in [-0.05, 0) is 38.1 Å². The van der Waals surface area contributed by atoms with Crippen LogP contribution in [0.5, 0.6) is 0 Å². The summed E-state index contributed by atoms with van der Waals surface area (Å²) < 4.78 is 31.8. The van der Waals surface area contributed by atoms with Crippen LogP contribution in [0.15, 0.2) is 42.5 Å². The number of carbonyl (C=O) groups is 1. The number of amides is 1. The molecule has 4 nitrogen and oxygen atoms in total. The molecule has 24 heavy (non-hydrogen) atoms. The minimum absolute atomic E-state index is 0.257. The molecule has 2 atom stereocenters. The van der Waals surface area contributed by atoms with Crippen molar-refractivity contribution < 1.29 is 18.3 Å². The van der Waals surface area contributed by atoms with E-state index in [2.05, 4.69) is 10.6 Å². The van der Waals surface area contributed by atoms with E-state index in [-0.39, 0.29) is 11.9 Å². The van der Waals surface area contributed by atoms with Crippen LogP contribution in [0.25, 0.3) is 0 Å². The summed E-state index contributed by atoms with van der Waals surface area (Å²) in [7, 11) is 1.46. The molecule has 0 fully saturated rings. The molecule has 0 aromatic heterocycles. The van der Waals surface area contributed by atoms with Gasteiger partial charge >= 0.3 is 0 Å². The van der Waals surface area contributed by atoms with Gasteiger partial charge in [-0.3, -0.25) is 4.79 Å². The molecule has 2 aromatic rings. The topological polar surface area (TPSA) is 50.4 Å². The first-order valence-corrected chi connectivity index (χ1v) is 7.56. The number of rotatable bonds is 6. The third-order valence-electron chi connectivity index (χ3n) is 3.67. The third-order valence-corrected chi connectivity index (χ3v) is 3.67. The second kappa shape index (κ2) is 7.88. The number of halogens is 2. The number of hydrogen-bond donors (Lipinski definition) is 2. The van der Waals surface area contributed by atoms with Crippen molar-refractivity contribution in [2.24, 2.45) is 0 Å². The van der Waals surface area contributed by atoms with Gasteiger partial charge in [-0.25, -0.2) is 8.78 Å². The minimum Gasteiger partial charge on any atom is -0.378 e. The van der Waals surface area contributed by atoms with Crippen LogP contribution in [0.4, 0.5) is 20.2 Å². The van der Waals surface area contributed by atoms with Crippen molar-refractivity contribution in [1.29, 1.82) is 0 Å². The van der Waals surface area contributed by atoms with Crippen molar-refractivity contribution in [2.45, 2.75) is 26.0 Å². The Morgan fingerprint density at radius 2 is 1.79 bits per heavy atom. The Balaban J connectivity index is 2.10. The van der Waals surface area contributed by atoms with E-state index in [0.717, 1.165) is 6.07 Å². The molecule has 0 aliphatic heterocycles. The molecule has 0 bridgehead atoms. The average Bonchev–Trinajstić information content (AvgIpc) is 2.54. The fourth-order valence-corrected chi connectivity index (χ4v) is 2.22. The zero-order valence-electron chi connectivity index (χ0n) is 13.8. The first-order chi connectivity index (χ1) is 11.4. The van der Waals surface area contributed by atoms with E-state index < -0.39 is 17.7 Å². The quantitative estimate of drug-likeness (QED) is 0.836.